The Balaban J connectivity index is 1.77. The summed E-state index contributed by atoms with van der Waals surface area (Å²) in [5.41, 5.74) is 0. The van der Waals surface area contributed by atoms with Crippen LogP contribution in [0, 0.1) is 5.92 Å². The molecule has 2 rings (SSSR count). The van der Waals surface area contributed by atoms with Crippen molar-refractivity contribution in [3.63, 3.8) is 0 Å². The van der Waals surface area contributed by atoms with Gasteiger partial charge in [-0.2, -0.15) is 0 Å². The van der Waals surface area contributed by atoms with Gasteiger partial charge in [-0.25, -0.2) is 4.79 Å². The molecule has 1 aliphatic rings. The summed E-state index contributed by atoms with van der Waals surface area (Å²) in [5.74, 6) is 0.757. The van der Waals surface area contributed by atoms with Crippen molar-refractivity contribution in [1.82, 2.24) is 10.2 Å². The highest BCUT2D eigenvalue weighted by Crippen LogP contribution is 2.22. The molecule has 0 radical (unpaired) electrons. The molecule has 17 heavy (non-hydrogen) atoms. The van der Waals surface area contributed by atoms with Crippen molar-refractivity contribution in [1.29, 1.82) is 0 Å². The predicted octanol–water partition coefficient (Wildman–Crippen LogP) is 3.45. The van der Waals surface area contributed by atoms with Crippen molar-refractivity contribution in [2.75, 3.05) is 13.1 Å². The molecule has 2 amide bonds. The second-order valence-corrected chi connectivity index (χ2v) is 7.08. The highest BCUT2D eigenvalue weighted by molar-refractivity contribution is 9.11. The number of hydrogen-bond donors (Lipinski definition) is 1. The van der Waals surface area contributed by atoms with E-state index in [0.29, 0.717) is 6.54 Å². The maximum atomic E-state index is 11.9. The van der Waals surface area contributed by atoms with E-state index >= 15 is 0 Å². The fourth-order valence-corrected chi connectivity index (χ4v) is 3.36. The molecule has 1 N–H and O–H groups in total. The van der Waals surface area contributed by atoms with Crippen molar-refractivity contribution in [3.05, 3.63) is 20.8 Å². The number of likely N-dealkylation sites (tertiary alicyclic amines) is 1. The molecule has 0 bridgehead atoms. The molecule has 3 nitrogen and oxygen atoms in total. The number of piperidine rings is 1. The zero-order valence-corrected chi connectivity index (χ0v) is 12.3. The molecule has 1 fully saturated rings. The van der Waals surface area contributed by atoms with Crippen molar-refractivity contribution in [2.45, 2.75) is 26.3 Å². The van der Waals surface area contributed by atoms with E-state index < -0.39 is 0 Å². The maximum absolute atomic E-state index is 11.9. The van der Waals surface area contributed by atoms with Gasteiger partial charge >= 0.3 is 6.03 Å². The summed E-state index contributed by atoms with van der Waals surface area (Å²) in [5, 5.41) is 2.97. The SMILES string of the molecule is CC1CCN(C(=O)NCc2ccc(Br)s2)CC1. The zero-order valence-electron chi connectivity index (χ0n) is 9.91. The number of hydrogen-bond acceptors (Lipinski definition) is 2. The predicted molar refractivity (Wildman–Crippen MR) is 74.2 cm³/mol. The van der Waals surface area contributed by atoms with Crippen LogP contribution in [-0.2, 0) is 6.54 Å². The van der Waals surface area contributed by atoms with Gasteiger partial charge in [0.05, 0.1) is 10.3 Å². The molecular formula is C12H17BrN2OS. The molecule has 0 atom stereocenters. The van der Waals surface area contributed by atoms with Crippen LogP contribution in [0.15, 0.2) is 15.9 Å². The van der Waals surface area contributed by atoms with Crippen LogP contribution in [0.1, 0.15) is 24.6 Å². The molecule has 0 saturated carbocycles. The lowest BCUT2D eigenvalue weighted by molar-refractivity contribution is 0.173. The molecule has 0 unspecified atom stereocenters. The van der Waals surface area contributed by atoms with Gasteiger partial charge in [0.1, 0.15) is 0 Å². The number of carbonyl (C=O) groups is 1. The third-order valence-corrected chi connectivity index (χ3v) is 4.74. The molecular weight excluding hydrogens is 300 g/mol. The largest absolute Gasteiger partial charge is 0.333 e. The van der Waals surface area contributed by atoms with E-state index in [9.17, 15) is 4.79 Å². The molecule has 94 valence electrons. The van der Waals surface area contributed by atoms with Crippen molar-refractivity contribution in [3.8, 4) is 0 Å². The Hall–Kier alpha value is -0.550. The highest BCUT2D eigenvalue weighted by atomic mass is 79.9. The van der Waals surface area contributed by atoms with Gasteiger partial charge in [-0.05, 0) is 46.8 Å². The quantitative estimate of drug-likeness (QED) is 0.890. The van der Waals surface area contributed by atoms with Crippen LogP contribution >= 0.6 is 27.3 Å². The molecule has 1 aromatic rings. The molecule has 2 heterocycles. The van der Waals surface area contributed by atoms with Gasteiger partial charge in [0.15, 0.2) is 0 Å². The number of amides is 2. The zero-order chi connectivity index (χ0) is 12.3. The number of nitrogens with one attached hydrogen (secondary N) is 1. The van der Waals surface area contributed by atoms with Crippen molar-refractivity contribution < 1.29 is 4.79 Å². The maximum Gasteiger partial charge on any atom is 0.317 e. The molecule has 5 heteroatoms. The van der Waals surface area contributed by atoms with Gasteiger partial charge in [-0.3, -0.25) is 0 Å². The van der Waals surface area contributed by atoms with Gasteiger partial charge in [0, 0.05) is 18.0 Å². The van der Waals surface area contributed by atoms with E-state index in [1.165, 1.54) is 4.88 Å². The summed E-state index contributed by atoms with van der Waals surface area (Å²) in [6.07, 6.45) is 2.25. The number of carbonyl (C=O) groups excluding carboxylic acids is 1. The minimum atomic E-state index is 0.0708. The van der Waals surface area contributed by atoms with Crippen LogP contribution < -0.4 is 5.32 Å². The Morgan fingerprint density at radius 2 is 2.24 bits per heavy atom. The van der Waals surface area contributed by atoms with E-state index in [-0.39, 0.29) is 6.03 Å². The van der Waals surface area contributed by atoms with Crippen LogP contribution in [-0.4, -0.2) is 24.0 Å². The fraction of sp³-hybridized carbons (Fsp3) is 0.583. The molecule has 1 aliphatic heterocycles. The number of thiophene rings is 1. The Labute approximate surface area is 114 Å². The monoisotopic (exact) mass is 316 g/mol. The lowest BCUT2D eigenvalue weighted by Gasteiger charge is -2.30. The number of rotatable bonds is 2. The number of urea groups is 1. The van der Waals surface area contributed by atoms with E-state index in [2.05, 4.69) is 28.2 Å². The first kappa shape index (κ1) is 12.9. The van der Waals surface area contributed by atoms with Crippen molar-refractivity contribution >= 4 is 33.3 Å². The lowest BCUT2D eigenvalue weighted by Crippen LogP contribution is -2.43. The highest BCUT2D eigenvalue weighted by Gasteiger charge is 2.19. The average Bonchev–Trinajstić information content (AvgIpc) is 2.73. The summed E-state index contributed by atoms with van der Waals surface area (Å²) in [4.78, 5) is 15.0. The molecule has 0 aliphatic carbocycles. The van der Waals surface area contributed by atoms with Gasteiger partial charge in [-0.15, -0.1) is 11.3 Å². The molecule has 0 aromatic carbocycles. The van der Waals surface area contributed by atoms with Crippen LogP contribution in [0.25, 0.3) is 0 Å². The second kappa shape index (κ2) is 5.87. The van der Waals surface area contributed by atoms with Gasteiger partial charge < -0.3 is 10.2 Å². The smallest absolute Gasteiger partial charge is 0.317 e. The standard InChI is InChI=1S/C12H17BrN2OS/c1-9-4-6-15(7-5-9)12(16)14-8-10-2-3-11(13)17-10/h2-3,9H,4-8H2,1H3,(H,14,16). The Morgan fingerprint density at radius 1 is 1.53 bits per heavy atom. The fourth-order valence-electron chi connectivity index (χ4n) is 1.93. The van der Waals surface area contributed by atoms with Crippen LogP contribution in [0.2, 0.25) is 0 Å². The van der Waals surface area contributed by atoms with Crippen LogP contribution in [0.5, 0.6) is 0 Å². The second-order valence-electron chi connectivity index (χ2n) is 4.53. The molecule has 1 aromatic heterocycles. The Kier molecular flexibility index (Phi) is 4.45. The van der Waals surface area contributed by atoms with Crippen LogP contribution in [0.4, 0.5) is 4.79 Å². The Morgan fingerprint density at radius 3 is 2.82 bits per heavy atom. The summed E-state index contributed by atoms with van der Waals surface area (Å²) < 4.78 is 1.11. The number of halogens is 1. The Bertz CT molecular complexity index is 386. The first-order valence-corrected chi connectivity index (χ1v) is 7.53. The minimum Gasteiger partial charge on any atom is -0.333 e. The van der Waals surface area contributed by atoms with Crippen LogP contribution in [0.3, 0.4) is 0 Å². The molecule has 1 saturated heterocycles. The first-order valence-electron chi connectivity index (χ1n) is 5.92. The minimum absolute atomic E-state index is 0.0708. The number of nitrogens with zero attached hydrogens (tertiary/aromatic N) is 1. The molecule has 0 spiro atoms. The lowest BCUT2D eigenvalue weighted by atomic mass is 10.00. The van der Waals surface area contributed by atoms with E-state index in [0.717, 1.165) is 35.6 Å². The normalized spacial score (nSPS) is 17.2. The van der Waals surface area contributed by atoms with E-state index in [1.54, 1.807) is 11.3 Å². The summed E-state index contributed by atoms with van der Waals surface area (Å²) in [6.45, 7) is 4.65. The van der Waals surface area contributed by atoms with Gasteiger partial charge in [-0.1, -0.05) is 6.92 Å². The third-order valence-electron chi connectivity index (χ3n) is 3.11. The van der Waals surface area contributed by atoms with E-state index in [4.69, 9.17) is 0 Å². The average molecular weight is 317 g/mol. The van der Waals surface area contributed by atoms with Crippen molar-refractivity contribution in [2.24, 2.45) is 5.92 Å². The summed E-state index contributed by atoms with van der Waals surface area (Å²) in [6, 6.07) is 4.11. The first-order chi connectivity index (χ1) is 8.15. The van der Waals surface area contributed by atoms with Gasteiger partial charge in [0.25, 0.3) is 0 Å². The summed E-state index contributed by atoms with van der Waals surface area (Å²) >= 11 is 5.08. The summed E-state index contributed by atoms with van der Waals surface area (Å²) in [7, 11) is 0. The van der Waals surface area contributed by atoms with Gasteiger partial charge in [0.2, 0.25) is 0 Å². The van der Waals surface area contributed by atoms with E-state index in [1.807, 2.05) is 17.0 Å². The topological polar surface area (TPSA) is 32.3 Å². The third kappa shape index (κ3) is 3.71.